The Morgan fingerprint density at radius 1 is 1.28 bits per heavy atom. The average molecular weight is 387 g/mol. The van der Waals surface area contributed by atoms with Crippen molar-refractivity contribution in [3.63, 3.8) is 0 Å². The first kappa shape index (κ1) is 21.3. The lowest BCUT2D eigenvalue weighted by atomic mass is 10.0. The van der Waals surface area contributed by atoms with Gasteiger partial charge in [0.1, 0.15) is 6.04 Å². The molecule has 25 heavy (non-hydrogen) atoms. The van der Waals surface area contributed by atoms with E-state index in [2.05, 4.69) is 10.6 Å². The number of benzene rings is 1. The van der Waals surface area contributed by atoms with Crippen molar-refractivity contribution in [2.24, 2.45) is 5.92 Å². The molecule has 2 amide bonds. The highest BCUT2D eigenvalue weighted by molar-refractivity contribution is 7.99. The minimum Gasteiger partial charge on any atom is -0.480 e. The molecule has 0 bridgehead atoms. The summed E-state index contributed by atoms with van der Waals surface area (Å²) in [6, 6.07) is 3.95. The van der Waals surface area contributed by atoms with Gasteiger partial charge in [0.15, 0.2) is 0 Å². The number of thioether (sulfide) groups is 1. The van der Waals surface area contributed by atoms with Gasteiger partial charge in [0.25, 0.3) is 5.91 Å². The average Bonchev–Trinajstić information content (AvgIpc) is 2.52. The van der Waals surface area contributed by atoms with Gasteiger partial charge in [-0.15, -0.1) is 11.8 Å². The number of hydrogen-bond donors (Lipinski definition) is 3. The molecule has 0 saturated carbocycles. The van der Waals surface area contributed by atoms with Crippen molar-refractivity contribution in [1.29, 1.82) is 0 Å². The van der Waals surface area contributed by atoms with Gasteiger partial charge in [-0.2, -0.15) is 0 Å². The van der Waals surface area contributed by atoms with Crippen molar-refractivity contribution in [3.8, 4) is 0 Å². The van der Waals surface area contributed by atoms with Crippen molar-refractivity contribution in [2.45, 2.75) is 38.1 Å². The topological polar surface area (TPSA) is 95.5 Å². The van der Waals surface area contributed by atoms with Gasteiger partial charge in [-0.25, -0.2) is 4.79 Å². The Morgan fingerprint density at radius 3 is 2.52 bits per heavy atom. The first-order chi connectivity index (χ1) is 11.7. The van der Waals surface area contributed by atoms with Crippen LogP contribution in [-0.4, -0.2) is 41.2 Å². The third-order valence-electron chi connectivity index (χ3n) is 3.24. The summed E-state index contributed by atoms with van der Waals surface area (Å²) < 4.78 is 0. The van der Waals surface area contributed by atoms with Crippen LogP contribution >= 0.6 is 23.4 Å². The quantitative estimate of drug-likeness (QED) is 0.567. The van der Waals surface area contributed by atoms with Crippen molar-refractivity contribution in [1.82, 2.24) is 10.6 Å². The van der Waals surface area contributed by atoms with Gasteiger partial charge in [0.2, 0.25) is 5.91 Å². The molecule has 0 aromatic heterocycles. The lowest BCUT2D eigenvalue weighted by Gasteiger charge is -2.17. The summed E-state index contributed by atoms with van der Waals surface area (Å²) in [7, 11) is 0. The molecule has 0 aliphatic carbocycles. The van der Waals surface area contributed by atoms with Gasteiger partial charge in [0.05, 0.1) is 12.1 Å². The lowest BCUT2D eigenvalue weighted by molar-refractivity contribution is -0.142. The van der Waals surface area contributed by atoms with Crippen LogP contribution in [0.15, 0.2) is 23.1 Å². The molecule has 0 saturated heterocycles. The summed E-state index contributed by atoms with van der Waals surface area (Å²) in [6.07, 6.45) is 0.323. The third-order valence-corrected chi connectivity index (χ3v) is 4.41. The standard InChI is InChI=1S/C17H23ClN2O4S/c1-4-25-14-8-11(18)5-6-12(14)16(22)19-9-15(21)20-13(17(23)24)7-10(2)3/h5-6,8,10,13H,4,7,9H2,1-3H3,(H,19,22)(H,20,21)(H,23,24)/t13-/m0/s1. The first-order valence-electron chi connectivity index (χ1n) is 7.97. The number of aliphatic carboxylic acids is 1. The predicted octanol–water partition coefficient (Wildman–Crippen LogP) is 2.80. The maximum atomic E-state index is 12.3. The Hall–Kier alpha value is -1.73. The van der Waals surface area contributed by atoms with Crippen molar-refractivity contribution in [3.05, 3.63) is 28.8 Å². The summed E-state index contributed by atoms with van der Waals surface area (Å²) in [6.45, 7) is 5.41. The zero-order valence-electron chi connectivity index (χ0n) is 14.5. The largest absolute Gasteiger partial charge is 0.480 e. The maximum Gasteiger partial charge on any atom is 0.326 e. The molecule has 0 fully saturated rings. The van der Waals surface area contributed by atoms with Crippen LogP contribution in [0, 0.1) is 5.92 Å². The fourth-order valence-corrected chi connectivity index (χ4v) is 3.23. The van der Waals surface area contributed by atoms with E-state index < -0.39 is 23.8 Å². The summed E-state index contributed by atoms with van der Waals surface area (Å²) in [4.78, 5) is 36.1. The molecule has 138 valence electrons. The normalized spacial score (nSPS) is 11.9. The van der Waals surface area contributed by atoms with Crippen LogP contribution < -0.4 is 10.6 Å². The Balaban J connectivity index is 2.66. The molecule has 0 radical (unpaired) electrons. The van der Waals surface area contributed by atoms with Gasteiger partial charge in [0, 0.05) is 9.92 Å². The summed E-state index contributed by atoms with van der Waals surface area (Å²) in [5.41, 5.74) is 0.431. The van der Waals surface area contributed by atoms with E-state index in [1.165, 1.54) is 11.8 Å². The second-order valence-corrected chi connectivity index (χ2v) is 7.59. The molecule has 3 N–H and O–H groups in total. The van der Waals surface area contributed by atoms with Gasteiger partial charge in [-0.1, -0.05) is 32.4 Å². The van der Waals surface area contributed by atoms with Gasteiger partial charge in [-0.3, -0.25) is 9.59 Å². The van der Waals surface area contributed by atoms with E-state index in [0.717, 1.165) is 10.6 Å². The van der Waals surface area contributed by atoms with Crippen LogP contribution in [0.25, 0.3) is 0 Å². The predicted molar refractivity (Wildman–Crippen MR) is 99.2 cm³/mol. The number of carbonyl (C=O) groups is 3. The second-order valence-electron chi connectivity index (χ2n) is 5.84. The zero-order chi connectivity index (χ0) is 19.0. The fourth-order valence-electron chi connectivity index (χ4n) is 2.15. The molecule has 1 aromatic carbocycles. The summed E-state index contributed by atoms with van der Waals surface area (Å²) in [5, 5.41) is 14.6. The van der Waals surface area contributed by atoms with Crippen LogP contribution in [0.5, 0.6) is 0 Å². The lowest BCUT2D eigenvalue weighted by Crippen LogP contribution is -2.46. The van der Waals surface area contributed by atoms with E-state index in [-0.39, 0.29) is 12.5 Å². The molecule has 6 nitrogen and oxygen atoms in total. The molecule has 0 heterocycles. The van der Waals surface area contributed by atoms with Gasteiger partial charge >= 0.3 is 5.97 Å². The van der Waals surface area contributed by atoms with Crippen molar-refractivity contribution in [2.75, 3.05) is 12.3 Å². The molecule has 0 aliphatic rings. The molecule has 1 atom stereocenters. The minimum absolute atomic E-state index is 0.124. The molecule has 1 rings (SSSR count). The highest BCUT2D eigenvalue weighted by Gasteiger charge is 2.21. The van der Waals surface area contributed by atoms with Crippen molar-refractivity contribution < 1.29 is 19.5 Å². The van der Waals surface area contributed by atoms with E-state index in [4.69, 9.17) is 16.7 Å². The number of rotatable bonds is 9. The molecule has 0 aliphatic heterocycles. The zero-order valence-corrected chi connectivity index (χ0v) is 16.0. The van der Waals surface area contributed by atoms with E-state index in [1.807, 2.05) is 20.8 Å². The minimum atomic E-state index is -1.09. The Kier molecular flexibility index (Phi) is 8.78. The number of halogens is 1. The summed E-state index contributed by atoms with van der Waals surface area (Å²) >= 11 is 7.42. The fraction of sp³-hybridized carbons (Fsp3) is 0.471. The van der Waals surface area contributed by atoms with Crippen LogP contribution in [0.3, 0.4) is 0 Å². The highest BCUT2D eigenvalue weighted by atomic mass is 35.5. The van der Waals surface area contributed by atoms with Crippen molar-refractivity contribution >= 4 is 41.1 Å². The van der Waals surface area contributed by atoms with E-state index in [9.17, 15) is 14.4 Å². The highest BCUT2D eigenvalue weighted by Crippen LogP contribution is 2.26. The van der Waals surface area contributed by atoms with Gasteiger partial charge < -0.3 is 15.7 Å². The third kappa shape index (κ3) is 7.36. The molecule has 0 unspecified atom stereocenters. The monoisotopic (exact) mass is 386 g/mol. The Bertz CT molecular complexity index is 637. The smallest absolute Gasteiger partial charge is 0.326 e. The molecular weight excluding hydrogens is 364 g/mol. The maximum absolute atomic E-state index is 12.3. The second kappa shape index (κ2) is 10.3. The van der Waals surface area contributed by atoms with E-state index >= 15 is 0 Å². The van der Waals surface area contributed by atoms with E-state index in [0.29, 0.717) is 17.0 Å². The van der Waals surface area contributed by atoms with E-state index in [1.54, 1.807) is 18.2 Å². The Morgan fingerprint density at radius 2 is 1.96 bits per heavy atom. The molecule has 8 heteroatoms. The van der Waals surface area contributed by atoms with Crippen LogP contribution in [0.2, 0.25) is 5.02 Å². The first-order valence-corrected chi connectivity index (χ1v) is 9.33. The molecular formula is C17H23ClN2O4S. The number of carboxylic acid groups (broad SMARTS) is 1. The number of nitrogens with one attached hydrogen (secondary N) is 2. The summed E-state index contributed by atoms with van der Waals surface area (Å²) in [5.74, 6) is -1.14. The number of amides is 2. The van der Waals surface area contributed by atoms with Crippen LogP contribution in [0.4, 0.5) is 0 Å². The van der Waals surface area contributed by atoms with Crippen LogP contribution in [-0.2, 0) is 9.59 Å². The number of carboxylic acids is 1. The van der Waals surface area contributed by atoms with Crippen LogP contribution in [0.1, 0.15) is 37.6 Å². The number of hydrogen-bond acceptors (Lipinski definition) is 4. The Labute approximate surface area is 156 Å². The SMILES string of the molecule is CCSc1cc(Cl)ccc1C(=O)NCC(=O)N[C@@H](CC(C)C)C(=O)O. The number of carbonyl (C=O) groups excluding carboxylic acids is 2. The molecule has 0 spiro atoms. The molecule has 1 aromatic rings. The van der Waals surface area contributed by atoms with Gasteiger partial charge in [-0.05, 0) is 36.3 Å².